The van der Waals surface area contributed by atoms with Gasteiger partial charge in [0.05, 0.1) is 12.2 Å². The summed E-state index contributed by atoms with van der Waals surface area (Å²) in [6.45, 7) is 0. The molecule has 0 unspecified atom stereocenters. The van der Waals surface area contributed by atoms with Gasteiger partial charge in [0.15, 0.2) is 5.60 Å². The number of nitriles is 1. The molecule has 2 saturated heterocycles. The van der Waals surface area contributed by atoms with Crippen molar-refractivity contribution in [3.05, 3.63) is 36.0 Å². The van der Waals surface area contributed by atoms with E-state index in [9.17, 15) is 4.79 Å². The van der Waals surface area contributed by atoms with Crippen LogP contribution in [0.25, 0.3) is 0 Å². The van der Waals surface area contributed by atoms with Crippen molar-refractivity contribution in [1.29, 1.82) is 5.26 Å². The Hall–Kier alpha value is -2.99. The molecule has 9 heteroatoms. The zero-order valence-corrected chi connectivity index (χ0v) is 14.8. The van der Waals surface area contributed by atoms with Crippen LogP contribution in [-0.4, -0.2) is 48.5 Å². The average molecular weight is 366 g/mol. The van der Waals surface area contributed by atoms with E-state index in [1.807, 2.05) is 30.4 Å². The molecular weight excluding hydrogens is 348 g/mol. The second-order valence-corrected chi connectivity index (χ2v) is 7.32. The fourth-order valence-electron chi connectivity index (χ4n) is 4.32. The Balaban J connectivity index is 1.28. The molecule has 3 fully saturated rings. The van der Waals surface area contributed by atoms with Crippen molar-refractivity contribution in [3.63, 3.8) is 0 Å². The van der Waals surface area contributed by atoms with Crippen LogP contribution >= 0.6 is 0 Å². The van der Waals surface area contributed by atoms with Gasteiger partial charge in [-0.15, -0.1) is 0 Å². The molecule has 2 aromatic rings. The molecule has 1 amide bonds. The van der Waals surface area contributed by atoms with Gasteiger partial charge in [0.2, 0.25) is 5.88 Å². The Morgan fingerprint density at radius 2 is 2.22 bits per heavy atom. The highest BCUT2D eigenvalue weighted by atomic mass is 16.6. The number of rotatable bonds is 3. The van der Waals surface area contributed by atoms with Crippen molar-refractivity contribution in [2.45, 2.75) is 49.7 Å². The van der Waals surface area contributed by atoms with E-state index in [0.717, 1.165) is 18.4 Å². The molecule has 2 aromatic heterocycles. The van der Waals surface area contributed by atoms with Crippen LogP contribution in [0.4, 0.5) is 0 Å². The number of aryl methyl sites for hydroxylation is 1. The Bertz CT molecular complexity index is 945. The second-order valence-electron chi connectivity index (χ2n) is 7.32. The molecule has 1 saturated carbocycles. The van der Waals surface area contributed by atoms with E-state index < -0.39 is 5.60 Å². The van der Waals surface area contributed by atoms with Gasteiger partial charge < -0.3 is 14.4 Å². The molecule has 1 aliphatic carbocycles. The lowest BCUT2D eigenvalue weighted by Crippen LogP contribution is -2.56. The molecule has 0 bridgehead atoms. The van der Waals surface area contributed by atoms with Crippen molar-refractivity contribution < 1.29 is 14.3 Å². The molecule has 0 aromatic carbocycles. The number of ether oxygens (including phenoxy) is 2. The SMILES string of the molecule is Cn1cc([C@@H]2CC[C@H]3OC4(CC(Oc5cc(C#N)ncn5)C4)C(=O)N32)cn1. The molecular formula is C18H18N6O3. The molecule has 0 radical (unpaired) electrons. The van der Waals surface area contributed by atoms with E-state index in [-0.39, 0.29) is 30.0 Å². The maximum absolute atomic E-state index is 13.1. The third kappa shape index (κ3) is 2.48. The monoisotopic (exact) mass is 366 g/mol. The van der Waals surface area contributed by atoms with Crippen LogP contribution in [0.2, 0.25) is 0 Å². The molecule has 1 spiro atoms. The fourth-order valence-corrected chi connectivity index (χ4v) is 4.32. The van der Waals surface area contributed by atoms with Gasteiger partial charge in [0.1, 0.15) is 30.4 Å². The summed E-state index contributed by atoms with van der Waals surface area (Å²) >= 11 is 0. The first-order valence-corrected chi connectivity index (χ1v) is 8.96. The third-order valence-corrected chi connectivity index (χ3v) is 5.59. The Morgan fingerprint density at radius 3 is 2.96 bits per heavy atom. The molecule has 3 aliphatic rings. The summed E-state index contributed by atoms with van der Waals surface area (Å²) in [5, 5.41) is 13.1. The number of nitrogens with zero attached hydrogens (tertiary/aromatic N) is 6. The van der Waals surface area contributed by atoms with Crippen LogP contribution in [0.5, 0.6) is 5.88 Å². The minimum Gasteiger partial charge on any atom is -0.474 e. The summed E-state index contributed by atoms with van der Waals surface area (Å²) in [5.41, 5.74) is 0.509. The first-order chi connectivity index (χ1) is 13.1. The van der Waals surface area contributed by atoms with Crippen LogP contribution < -0.4 is 4.74 Å². The Labute approximate surface area is 155 Å². The predicted molar refractivity (Wildman–Crippen MR) is 90.0 cm³/mol. The van der Waals surface area contributed by atoms with Crippen LogP contribution in [0, 0.1) is 11.3 Å². The number of hydrogen-bond donors (Lipinski definition) is 0. The van der Waals surface area contributed by atoms with Crippen molar-refractivity contribution in [2.24, 2.45) is 7.05 Å². The van der Waals surface area contributed by atoms with Crippen LogP contribution in [0.1, 0.15) is 43.0 Å². The first-order valence-electron chi connectivity index (χ1n) is 8.96. The molecule has 27 heavy (non-hydrogen) atoms. The van der Waals surface area contributed by atoms with Crippen molar-refractivity contribution >= 4 is 5.91 Å². The minimum atomic E-state index is -0.790. The zero-order chi connectivity index (χ0) is 18.6. The fraction of sp³-hybridized carbons (Fsp3) is 0.500. The summed E-state index contributed by atoms with van der Waals surface area (Å²) in [4.78, 5) is 22.9. The van der Waals surface area contributed by atoms with Gasteiger partial charge in [0.25, 0.3) is 5.91 Å². The number of fused-ring (bicyclic) bond motifs is 1. The highest BCUT2D eigenvalue weighted by Gasteiger charge is 2.63. The number of amides is 1. The van der Waals surface area contributed by atoms with E-state index in [2.05, 4.69) is 15.1 Å². The summed E-state index contributed by atoms with van der Waals surface area (Å²) in [6, 6.07) is 3.48. The molecule has 9 nitrogen and oxygen atoms in total. The predicted octanol–water partition coefficient (Wildman–Crippen LogP) is 1.08. The van der Waals surface area contributed by atoms with Crippen LogP contribution in [0.15, 0.2) is 24.8 Å². The summed E-state index contributed by atoms with van der Waals surface area (Å²) < 4.78 is 13.7. The third-order valence-electron chi connectivity index (χ3n) is 5.59. The average Bonchev–Trinajstić information content (AvgIpc) is 3.31. The summed E-state index contributed by atoms with van der Waals surface area (Å²) in [7, 11) is 1.87. The van der Waals surface area contributed by atoms with Crippen LogP contribution in [0.3, 0.4) is 0 Å². The summed E-state index contributed by atoms with van der Waals surface area (Å²) in [6.07, 6.45) is 7.44. The van der Waals surface area contributed by atoms with E-state index in [4.69, 9.17) is 14.7 Å². The van der Waals surface area contributed by atoms with Gasteiger partial charge >= 0.3 is 0 Å². The minimum absolute atomic E-state index is 0.0237. The highest BCUT2D eigenvalue weighted by molar-refractivity contribution is 5.89. The normalized spacial score (nSPS) is 31.6. The van der Waals surface area contributed by atoms with Crippen molar-refractivity contribution in [1.82, 2.24) is 24.6 Å². The Kier molecular flexibility index (Phi) is 3.45. The van der Waals surface area contributed by atoms with E-state index >= 15 is 0 Å². The molecule has 4 heterocycles. The van der Waals surface area contributed by atoms with Gasteiger partial charge in [-0.2, -0.15) is 10.4 Å². The molecule has 2 aliphatic heterocycles. The Morgan fingerprint density at radius 1 is 1.37 bits per heavy atom. The molecule has 5 rings (SSSR count). The van der Waals surface area contributed by atoms with Crippen LogP contribution in [-0.2, 0) is 16.6 Å². The quantitative estimate of drug-likeness (QED) is 0.800. The molecule has 138 valence electrons. The lowest BCUT2D eigenvalue weighted by molar-refractivity contribution is -0.162. The van der Waals surface area contributed by atoms with Gasteiger partial charge in [-0.1, -0.05) is 0 Å². The topological polar surface area (TPSA) is 106 Å². The molecule has 2 atom stereocenters. The number of carbonyl (C=O) groups is 1. The zero-order valence-electron chi connectivity index (χ0n) is 14.8. The van der Waals surface area contributed by atoms with E-state index in [0.29, 0.717) is 18.7 Å². The summed E-state index contributed by atoms with van der Waals surface area (Å²) in [5.74, 6) is 0.389. The maximum atomic E-state index is 13.1. The van der Waals surface area contributed by atoms with E-state index in [1.165, 1.54) is 12.4 Å². The maximum Gasteiger partial charge on any atom is 0.257 e. The van der Waals surface area contributed by atoms with Gasteiger partial charge in [-0.3, -0.25) is 9.48 Å². The highest BCUT2D eigenvalue weighted by Crippen LogP contribution is 2.51. The second kappa shape index (κ2) is 5.76. The number of hydrogen-bond acceptors (Lipinski definition) is 7. The lowest BCUT2D eigenvalue weighted by atomic mass is 9.76. The lowest BCUT2D eigenvalue weighted by Gasteiger charge is -2.41. The number of carbonyl (C=O) groups excluding carboxylic acids is 1. The van der Waals surface area contributed by atoms with E-state index in [1.54, 1.807) is 4.68 Å². The van der Waals surface area contributed by atoms with Gasteiger partial charge in [-0.05, 0) is 12.8 Å². The largest absolute Gasteiger partial charge is 0.474 e. The van der Waals surface area contributed by atoms with Crippen molar-refractivity contribution in [3.8, 4) is 11.9 Å². The van der Waals surface area contributed by atoms with Gasteiger partial charge in [-0.25, -0.2) is 9.97 Å². The first kappa shape index (κ1) is 16.2. The van der Waals surface area contributed by atoms with Gasteiger partial charge in [0, 0.05) is 37.7 Å². The smallest absolute Gasteiger partial charge is 0.257 e. The molecule has 0 N–H and O–H groups in total. The standard InChI is InChI=1S/C18H18N6O3/c1-23-9-11(8-22-23)14-2-3-16-24(14)17(25)18(27-16)5-13(6-18)26-15-4-12(7-19)20-10-21-15/h4,8-10,13-14,16H,2-3,5-6H2,1H3/t13?,14-,16+,18?/m0/s1. The number of aromatic nitrogens is 4. The van der Waals surface area contributed by atoms with Crippen molar-refractivity contribution in [2.75, 3.05) is 0 Å².